The maximum absolute atomic E-state index is 12.8. The SMILES string of the molecule is Cn1cc(C(=O)NCC2CCN(C(=O)c3cn(-c4ccccc4Cl)nn3)CC2)cn1. The molecular formula is C20H22ClN7O2. The first-order valence-electron chi connectivity index (χ1n) is 9.74. The van der Waals surface area contributed by atoms with Crippen LogP contribution in [0.25, 0.3) is 5.69 Å². The van der Waals surface area contributed by atoms with Crippen molar-refractivity contribution >= 4 is 23.4 Å². The molecule has 1 aliphatic rings. The number of benzene rings is 1. The van der Waals surface area contributed by atoms with Crippen LogP contribution in [0.3, 0.4) is 0 Å². The van der Waals surface area contributed by atoms with Gasteiger partial charge in [-0.2, -0.15) is 5.10 Å². The fourth-order valence-electron chi connectivity index (χ4n) is 3.50. The van der Waals surface area contributed by atoms with Gasteiger partial charge in [0, 0.05) is 32.9 Å². The Kier molecular flexibility index (Phi) is 5.80. The number of piperidine rings is 1. The quantitative estimate of drug-likeness (QED) is 0.671. The molecule has 2 aromatic heterocycles. The molecule has 156 valence electrons. The number of nitrogens with one attached hydrogen (secondary N) is 1. The monoisotopic (exact) mass is 427 g/mol. The molecule has 0 bridgehead atoms. The van der Waals surface area contributed by atoms with Gasteiger partial charge in [0.05, 0.1) is 28.7 Å². The van der Waals surface area contributed by atoms with Crippen LogP contribution in [0.5, 0.6) is 0 Å². The molecule has 1 aromatic carbocycles. The lowest BCUT2D eigenvalue weighted by Crippen LogP contribution is -2.41. The fourth-order valence-corrected chi connectivity index (χ4v) is 3.72. The van der Waals surface area contributed by atoms with E-state index in [9.17, 15) is 9.59 Å². The smallest absolute Gasteiger partial charge is 0.276 e. The summed E-state index contributed by atoms with van der Waals surface area (Å²) in [6, 6.07) is 7.26. The highest BCUT2D eigenvalue weighted by atomic mass is 35.5. The van der Waals surface area contributed by atoms with E-state index in [1.165, 1.54) is 4.68 Å². The molecule has 0 atom stereocenters. The van der Waals surface area contributed by atoms with Gasteiger partial charge in [0.2, 0.25) is 0 Å². The zero-order valence-electron chi connectivity index (χ0n) is 16.5. The summed E-state index contributed by atoms with van der Waals surface area (Å²) in [6.45, 7) is 1.81. The molecule has 30 heavy (non-hydrogen) atoms. The number of rotatable bonds is 5. The number of amides is 2. The summed E-state index contributed by atoms with van der Waals surface area (Å²) in [4.78, 5) is 26.7. The van der Waals surface area contributed by atoms with Crippen molar-refractivity contribution in [3.05, 3.63) is 59.1 Å². The van der Waals surface area contributed by atoms with Crippen molar-refractivity contribution in [2.75, 3.05) is 19.6 Å². The summed E-state index contributed by atoms with van der Waals surface area (Å²) < 4.78 is 3.11. The number of carbonyl (C=O) groups excluding carboxylic acids is 2. The topological polar surface area (TPSA) is 97.9 Å². The maximum Gasteiger partial charge on any atom is 0.276 e. The number of hydrogen-bond acceptors (Lipinski definition) is 5. The van der Waals surface area contributed by atoms with Gasteiger partial charge in [-0.25, -0.2) is 4.68 Å². The third kappa shape index (κ3) is 4.35. The summed E-state index contributed by atoms with van der Waals surface area (Å²) in [5.74, 6) is 0.0532. The van der Waals surface area contributed by atoms with Gasteiger partial charge in [0.15, 0.2) is 5.69 Å². The molecule has 0 saturated carbocycles. The van der Waals surface area contributed by atoms with Gasteiger partial charge in [-0.3, -0.25) is 14.3 Å². The van der Waals surface area contributed by atoms with Gasteiger partial charge in [0.25, 0.3) is 11.8 Å². The second-order valence-corrected chi connectivity index (χ2v) is 7.76. The van der Waals surface area contributed by atoms with E-state index in [0.29, 0.717) is 47.5 Å². The Morgan fingerprint density at radius 2 is 1.97 bits per heavy atom. The predicted octanol–water partition coefficient (Wildman–Crippen LogP) is 1.94. The van der Waals surface area contributed by atoms with Crippen LogP contribution < -0.4 is 5.32 Å². The summed E-state index contributed by atoms with van der Waals surface area (Å²) in [5.41, 5.74) is 1.51. The number of likely N-dealkylation sites (tertiary alicyclic amines) is 1. The highest BCUT2D eigenvalue weighted by Crippen LogP contribution is 2.21. The van der Waals surface area contributed by atoms with E-state index < -0.39 is 0 Å². The molecule has 0 unspecified atom stereocenters. The predicted molar refractivity (Wildman–Crippen MR) is 111 cm³/mol. The second kappa shape index (κ2) is 8.66. The molecule has 3 heterocycles. The van der Waals surface area contributed by atoms with Crippen molar-refractivity contribution in [1.29, 1.82) is 0 Å². The van der Waals surface area contributed by atoms with E-state index in [0.717, 1.165) is 12.8 Å². The Balaban J connectivity index is 1.29. The summed E-state index contributed by atoms with van der Waals surface area (Å²) in [7, 11) is 1.77. The lowest BCUT2D eigenvalue weighted by Gasteiger charge is -2.31. The molecule has 9 nitrogen and oxygen atoms in total. The Labute approximate surface area is 178 Å². The normalized spacial score (nSPS) is 14.7. The van der Waals surface area contributed by atoms with Crippen LogP contribution in [-0.4, -0.2) is 61.1 Å². The number of hydrogen-bond donors (Lipinski definition) is 1. The first-order chi connectivity index (χ1) is 14.5. The van der Waals surface area contributed by atoms with Crippen molar-refractivity contribution < 1.29 is 9.59 Å². The maximum atomic E-state index is 12.8. The third-order valence-electron chi connectivity index (χ3n) is 5.23. The molecule has 0 radical (unpaired) electrons. The first kappa shape index (κ1) is 20.1. The van der Waals surface area contributed by atoms with Gasteiger partial charge < -0.3 is 10.2 Å². The molecule has 0 spiro atoms. The Morgan fingerprint density at radius 3 is 2.67 bits per heavy atom. The Morgan fingerprint density at radius 1 is 1.20 bits per heavy atom. The van der Waals surface area contributed by atoms with E-state index in [-0.39, 0.29) is 11.8 Å². The minimum Gasteiger partial charge on any atom is -0.352 e. The van der Waals surface area contributed by atoms with Crippen LogP contribution >= 0.6 is 11.6 Å². The molecule has 0 aliphatic carbocycles. The van der Waals surface area contributed by atoms with Gasteiger partial charge in [-0.05, 0) is 30.9 Å². The molecule has 1 fully saturated rings. The van der Waals surface area contributed by atoms with Crippen LogP contribution in [0.2, 0.25) is 5.02 Å². The summed E-state index contributed by atoms with van der Waals surface area (Å²) in [5, 5.41) is 15.6. The van der Waals surface area contributed by atoms with Crippen LogP contribution in [0.1, 0.15) is 33.7 Å². The van der Waals surface area contributed by atoms with E-state index >= 15 is 0 Å². The first-order valence-corrected chi connectivity index (χ1v) is 10.1. The average Bonchev–Trinajstić information content (AvgIpc) is 3.42. The minimum absolute atomic E-state index is 0.127. The number of nitrogens with zero attached hydrogens (tertiary/aromatic N) is 6. The molecule has 2 amide bonds. The van der Waals surface area contributed by atoms with Gasteiger partial charge in [-0.1, -0.05) is 28.9 Å². The average molecular weight is 428 g/mol. The van der Waals surface area contributed by atoms with E-state index in [1.807, 2.05) is 18.2 Å². The third-order valence-corrected chi connectivity index (χ3v) is 5.55. The molecule has 1 aliphatic heterocycles. The summed E-state index contributed by atoms with van der Waals surface area (Å²) in [6.07, 6.45) is 6.47. The highest BCUT2D eigenvalue weighted by Gasteiger charge is 2.26. The van der Waals surface area contributed by atoms with Crippen LogP contribution in [-0.2, 0) is 7.05 Å². The highest BCUT2D eigenvalue weighted by molar-refractivity contribution is 6.32. The van der Waals surface area contributed by atoms with Crippen LogP contribution in [0.4, 0.5) is 0 Å². The standard InChI is InChI=1S/C20H22ClN7O2/c1-26-12-15(11-23-26)19(29)22-10-14-6-8-27(9-7-14)20(30)17-13-28(25-24-17)18-5-3-2-4-16(18)21/h2-5,11-14H,6-10H2,1H3,(H,22,29). The summed E-state index contributed by atoms with van der Waals surface area (Å²) >= 11 is 6.19. The largest absolute Gasteiger partial charge is 0.352 e. The number of para-hydroxylation sites is 1. The number of aryl methyl sites for hydroxylation is 1. The lowest BCUT2D eigenvalue weighted by atomic mass is 9.96. The van der Waals surface area contributed by atoms with E-state index in [4.69, 9.17) is 11.6 Å². The fraction of sp³-hybridized carbons (Fsp3) is 0.350. The Bertz CT molecular complexity index is 1050. The zero-order valence-corrected chi connectivity index (χ0v) is 17.3. The molecule has 4 rings (SSSR count). The van der Waals surface area contributed by atoms with Crippen molar-refractivity contribution in [1.82, 2.24) is 35.0 Å². The second-order valence-electron chi connectivity index (χ2n) is 7.35. The molecule has 3 aromatic rings. The van der Waals surface area contributed by atoms with Crippen molar-refractivity contribution in [3.8, 4) is 5.69 Å². The number of halogens is 1. The zero-order chi connectivity index (χ0) is 21.1. The lowest BCUT2D eigenvalue weighted by molar-refractivity contribution is 0.0678. The van der Waals surface area contributed by atoms with Crippen LogP contribution in [0, 0.1) is 5.92 Å². The van der Waals surface area contributed by atoms with Crippen molar-refractivity contribution in [3.63, 3.8) is 0 Å². The molecule has 1 N–H and O–H groups in total. The van der Waals surface area contributed by atoms with Gasteiger partial charge >= 0.3 is 0 Å². The molecular weight excluding hydrogens is 406 g/mol. The molecule has 1 saturated heterocycles. The molecule has 10 heteroatoms. The van der Waals surface area contributed by atoms with E-state index in [2.05, 4.69) is 20.7 Å². The minimum atomic E-state index is -0.147. The van der Waals surface area contributed by atoms with Crippen LogP contribution in [0.15, 0.2) is 42.9 Å². The Hall–Kier alpha value is -3.20. The van der Waals surface area contributed by atoms with Crippen molar-refractivity contribution in [2.45, 2.75) is 12.8 Å². The number of aromatic nitrogens is 5. The number of carbonyl (C=O) groups is 2. The van der Waals surface area contributed by atoms with Crippen molar-refractivity contribution in [2.24, 2.45) is 13.0 Å². The van der Waals surface area contributed by atoms with E-state index in [1.54, 1.807) is 41.3 Å². The van der Waals surface area contributed by atoms with Gasteiger partial charge in [-0.15, -0.1) is 5.10 Å². The van der Waals surface area contributed by atoms with Gasteiger partial charge in [0.1, 0.15) is 0 Å².